The van der Waals surface area contributed by atoms with Gasteiger partial charge in [-0.05, 0) is 65.1 Å². The fraction of sp³-hybridized carbons (Fsp3) is 0.364. The molecular weight excluding hydrogens is 287 g/mol. The van der Waals surface area contributed by atoms with E-state index < -0.39 is 0 Å². The van der Waals surface area contributed by atoms with Gasteiger partial charge in [-0.15, -0.1) is 0 Å². The van der Waals surface area contributed by atoms with Crippen LogP contribution in [0.5, 0.6) is 0 Å². The maximum Gasteiger partial charge on any atom is 0.0994 e. The summed E-state index contributed by atoms with van der Waals surface area (Å²) >= 11 is 2.30. The molecule has 1 aromatic carbocycles. The molecule has 0 saturated heterocycles. The molecule has 0 bridgehead atoms. The Bertz CT molecular complexity index is 406. The molecule has 0 heterocycles. The zero-order valence-corrected chi connectivity index (χ0v) is 9.91. The van der Waals surface area contributed by atoms with E-state index >= 15 is 0 Å². The molecular formula is C11H11IN2. The minimum absolute atomic E-state index is 0.124. The van der Waals surface area contributed by atoms with Crippen molar-refractivity contribution in [1.29, 1.82) is 5.26 Å². The maximum atomic E-state index is 8.98. The molecule has 2 rings (SSSR count). The van der Waals surface area contributed by atoms with Gasteiger partial charge in [0, 0.05) is 9.61 Å². The summed E-state index contributed by atoms with van der Waals surface area (Å²) in [7, 11) is 0. The molecule has 2 N–H and O–H groups in total. The molecule has 1 aliphatic carbocycles. The Kier molecular flexibility index (Phi) is 2.75. The second-order valence-corrected chi connectivity index (χ2v) is 4.76. The summed E-state index contributed by atoms with van der Waals surface area (Å²) in [6.07, 6.45) is 3.14. The highest BCUT2D eigenvalue weighted by Gasteiger charge is 2.21. The molecule has 0 amide bonds. The third-order valence-corrected chi connectivity index (χ3v) is 3.68. The Hall–Kier alpha value is -0.600. The molecule has 3 heteroatoms. The van der Waals surface area contributed by atoms with E-state index in [-0.39, 0.29) is 6.04 Å². The van der Waals surface area contributed by atoms with Crippen molar-refractivity contribution in [3.8, 4) is 6.07 Å². The monoisotopic (exact) mass is 298 g/mol. The van der Waals surface area contributed by atoms with Crippen LogP contribution in [0.4, 0.5) is 0 Å². The van der Waals surface area contributed by atoms with Gasteiger partial charge in [0.05, 0.1) is 11.6 Å². The van der Waals surface area contributed by atoms with Crippen LogP contribution in [0.15, 0.2) is 12.1 Å². The molecule has 1 unspecified atom stereocenters. The lowest BCUT2D eigenvalue weighted by Crippen LogP contribution is -2.19. The van der Waals surface area contributed by atoms with E-state index in [4.69, 9.17) is 11.0 Å². The van der Waals surface area contributed by atoms with Crippen molar-refractivity contribution >= 4 is 22.6 Å². The largest absolute Gasteiger partial charge is 0.324 e. The van der Waals surface area contributed by atoms with Crippen molar-refractivity contribution in [2.24, 2.45) is 5.73 Å². The van der Waals surface area contributed by atoms with Gasteiger partial charge in [-0.3, -0.25) is 0 Å². The lowest BCUT2D eigenvalue weighted by molar-refractivity contribution is 0.567. The third kappa shape index (κ3) is 1.53. The van der Waals surface area contributed by atoms with E-state index in [1.165, 1.54) is 14.7 Å². The summed E-state index contributed by atoms with van der Waals surface area (Å²) < 4.78 is 1.20. The fourth-order valence-electron chi connectivity index (χ4n) is 2.05. The van der Waals surface area contributed by atoms with Crippen molar-refractivity contribution in [1.82, 2.24) is 0 Å². The second-order valence-electron chi connectivity index (χ2n) is 3.60. The van der Waals surface area contributed by atoms with E-state index in [1.807, 2.05) is 12.1 Å². The van der Waals surface area contributed by atoms with Crippen LogP contribution in [0.1, 0.15) is 35.6 Å². The Morgan fingerprint density at radius 1 is 1.50 bits per heavy atom. The standard InChI is InChI=1S/C11H11IN2/c12-9-5-4-7(6-13)8-2-1-3-10(14)11(8)9/h4-5,10H,1-3,14H2. The van der Waals surface area contributed by atoms with Crippen molar-refractivity contribution < 1.29 is 0 Å². The van der Waals surface area contributed by atoms with Gasteiger partial charge in [0.15, 0.2) is 0 Å². The molecule has 0 fully saturated rings. The van der Waals surface area contributed by atoms with Crippen LogP contribution in [-0.2, 0) is 6.42 Å². The first kappa shape index (κ1) is 9.94. The zero-order valence-electron chi connectivity index (χ0n) is 7.76. The summed E-state index contributed by atoms with van der Waals surface area (Å²) in [4.78, 5) is 0. The van der Waals surface area contributed by atoms with Crippen LogP contribution in [0, 0.1) is 14.9 Å². The summed E-state index contributed by atoms with van der Waals surface area (Å²) in [6, 6.07) is 6.26. The SMILES string of the molecule is N#Cc1ccc(I)c2c1CCCC2N. The summed E-state index contributed by atoms with van der Waals surface area (Å²) in [5, 5.41) is 8.98. The molecule has 1 aromatic rings. The topological polar surface area (TPSA) is 49.8 Å². The molecule has 0 aromatic heterocycles. The number of hydrogen-bond donors (Lipinski definition) is 1. The van der Waals surface area contributed by atoms with Gasteiger partial charge in [0.1, 0.15) is 0 Å². The van der Waals surface area contributed by atoms with E-state index in [9.17, 15) is 0 Å². The van der Waals surface area contributed by atoms with E-state index in [2.05, 4.69) is 28.7 Å². The lowest BCUT2D eigenvalue weighted by Gasteiger charge is -2.24. The summed E-state index contributed by atoms with van der Waals surface area (Å²) in [5.74, 6) is 0. The number of hydrogen-bond acceptors (Lipinski definition) is 2. The van der Waals surface area contributed by atoms with E-state index in [1.54, 1.807) is 0 Å². The van der Waals surface area contributed by atoms with Crippen LogP contribution in [-0.4, -0.2) is 0 Å². The highest BCUT2D eigenvalue weighted by Crippen LogP contribution is 2.33. The van der Waals surface area contributed by atoms with Gasteiger partial charge in [-0.25, -0.2) is 0 Å². The third-order valence-electron chi connectivity index (χ3n) is 2.74. The second kappa shape index (κ2) is 3.87. The normalized spacial score (nSPS) is 19.9. The predicted octanol–water partition coefficient (Wildman–Crippen LogP) is 2.50. The minimum atomic E-state index is 0.124. The van der Waals surface area contributed by atoms with E-state index in [0.29, 0.717) is 0 Å². The maximum absolute atomic E-state index is 8.98. The lowest BCUT2D eigenvalue weighted by atomic mass is 9.85. The number of nitriles is 1. The van der Waals surface area contributed by atoms with Gasteiger partial charge in [-0.2, -0.15) is 5.26 Å². The quantitative estimate of drug-likeness (QED) is 0.748. The molecule has 72 valence electrons. The van der Waals surface area contributed by atoms with Gasteiger partial charge < -0.3 is 5.73 Å². The Labute approximate surface area is 97.2 Å². The molecule has 0 spiro atoms. The van der Waals surface area contributed by atoms with Crippen molar-refractivity contribution in [2.45, 2.75) is 25.3 Å². The summed E-state index contributed by atoms with van der Waals surface area (Å²) in [5.41, 5.74) is 9.24. The zero-order chi connectivity index (χ0) is 10.1. The number of fused-ring (bicyclic) bond motifs is 1. The average Bonchev–Trinajstić information content (AvgIpc) is 2.18. The number of rotatable bonds is 0. The van der Waals surface area contributed by atoms with Crippen molar-refractivity contribution in [3.05, 3.63) is 32.4 Å². The molecule has 1 atom stereocenters. The smallest absolute Gasteiger partial charge is 0.0994 e. The molecule has 2 nitrogen and oxygen atoms in total. The van der Waals surface area contributed by atoms with Crippen LogP contribution >= 0.6 is 22.6 Å². The highest BCUT2D eigenvalue weighted by molar-refractivity contribution is 14.1. The first-order valence-corrected chi connectivity index (χ1v) is 5.79. The highest BCUT2D eigenvalue weighted by atomic mass is 127. The number of halogens is 1. The minimum Gasteiger partial charge on any atom is -0.324 e. The number of nitrogens with two attached hydrogens (primary N) is 1. The molecule has 1 aliphatic rings. The fourth-order valence-corrected chi connectivity index (χ4v) is 2.96. The predicted molar refractivity (Wildman–Crippen MR) is 63.7 cm³/mol. The first-order chi connectivity index (χ1) is 6.74. The molecule has 0 saturated carbocycles. The number of benzene rings is 1. The van der Waals surface area contributed by atoms with Crippen LogP contribution in [0.2, 0.25) is 0 Å². The van der Waals surface area contributed by atoms with Gasteiger partial charge >= 0.3 is 0 Å². The van der Waals surface area contributed by atoms with Crippen LogP contribution in [0.25, 0.3) is 0 Å². The molecule has 0 radical (unpaired) electrons. The van der Waals surface area contributed by atoms with Gasteiger partial charge in [-0.1, -0.05) is 0 Å². The van der Waals surface area contributed by atoms with E-state index in [0.717, 1.165) is 24.8 Å². The van der Waals surface area contributed by atoms with Crippen LogP contribution < -0.4 is 5.73 Å². The van der Waals surface area contributed by atoms with Crippen molar-refractivity contribution in [3.63, 3.8) is 0 Å². The Balaban J connectivity index is 2.65. The average molecular weight is 298 g/mol. The Morgan fingerprint density at radius 3 is 3.00 bits per heavy atom. The van der Waals surface area contributed by atoms with Gasteiger partial charge in [0.25, 0.3) is 0 Å². The molecule has 0 aliphatic heterocycles. The molecule has 14 heavy (non-hydrogen) atoms. The Morgan fingerprint density at radius 2 is 2.29 bits per heavy atom. The first-order valence-electron chi connectivity index (χ1n) is 4.71. The number of nitrogens with zero attached hydrogens (tertiary/aromatic N) is 1. The van der Waals surface area contributed by atoms with Crippen molar-refractivity contribution in [2.75, 3.05) is 0 Å². The van der Waals surface area contributed by atoms with Crippen LogP contribution in [0.3, 0.4) is 0 Å². The summed E-state index contributed by atoms with van der Waals surface area (Å²) in [6.45, 7) is 0. The van der Waals surface area contributed by atoms with Gasteiger partial charge in [0.2, 0.25) is 0 Å².